The summed E-state index contributed by atoms with van der Waals surface area (Å²) in [6, 6.07) is -3.01. The first-order valence-corrected chi connectivity index (χ1v) is 8.45. The van der Waals surface area contributed by atoms with Crippen LogP contribution in [0.2, 0.25) is 0 Å². The average Bonchev–Trinajstić information content (AvgIpc) is 2.42. The summed E-state index contributed by atoms with van der Waals surface area (Å²) in [5, 5.41) is 24.9. The van der Waals surface area contributed by atoms with Gasteiger partial charge in [0.05, 0.1) is 6.42 Å². The van der Waals surface area contributed by atoms with Crippen LogP contribution < -0.4 is 22.9 Å². The molecule has 0 heterocycles. The van der Waals surface area contributed by atoms with Crippen LogP contribution in [0, 0.1) is 0 Å². The van der Waals surface area contributed by atoms with Crippen LogP contribution in [0.15, 0.2) is 0 Å². The Morgan fingerprint density at radius 2 is 1.04 bits per heavy atom. The highest BCUT2D eigenvalue weighted by Gasteiger charge is 2.14. The van der Waals surface area contributed by atoms with Crippen molar-refractivity contribution in [2.45, 2.75) is 24.5 Å². The Morgan fingerprint density at radius 3 is 1.22 bits per heavy atom. The van der Waals surface area contributed by atoms with E-state index < -0.39 is 41.9 Å². The number of primary amides is 1. The number of carbonyl (C=O) groups excluding carboxylic acids is 1. The summed E-state index contributed by atoms with van der Waals surface area (Å²) in [4.78, 5) is 40.4. The SMILES string of the molecule is NC(=O)C[C@H](N)C(=O)O.N[C@@H](CSSC[C@H](N)C(=O)O)C(=O)O. The number of hydrogen-bond donors (Lipinski definition) is 7. The van der Waals surface area contributed by atoms with Gasteiger partial charge in [0.15, 0.2) is 0 Å². The van der Waals surface area contributed by atoms with Crippen LogP contribution in [-0.2, 0) is 19.2 Å². The second-order valence-corrected chi connectivity index (χ2v) is 6.63. The molecule has 0 fully saturated rings. The zero-order chi connectivity index (χ0) is 18.6. The second kappa shape index (κ2) is 13.0. The zero-order valence-corrected chi connectivity index (χ0v) is 13.6. The molecule has 0 aromatic carbocycles. The summed E-state index contributed by atoms with van der Waals surface area (Å²) >= 11 is 0. The van der Waals surface area contributed by atoms with Gasteiger partial charge in [-0.25, -0.2) is 0 Å². The zero-order valence-electron chi connectivity index (χ0n) is 12.0. The molecule has 0 aromatic rings. The van der Waals surface area contributed by atoms with E-state index in [1.807, 2.05) is 0 Å². The van der Waals surface area contributed by atoms with Crippen molar-refractivity contribution in [2.75, 3.05) is 11.5 Å². The van der Waals surface area contributed by atoms with E-state index in [0.29, 0.717) is 0 Å². The van der Waals surface area contributed by atoms with Crippen molar-refractivity contribution in [1.82, 2.24) is 0 Å². The Bertz CT molecular complexity index is 402. The molecule has 0 spiro atoms. The first-order chi connectivity index (χ1) is 10.5. The number of carbonyl (C=O) groups is 4. The van der Waals surface area contributed by atoms with Crippen molar-refractivity contribution in [3.05, 3.63) is 0 Å². The molecule has 11 nitrogen and oxygen atoms in total. The molecular formula is C10H20N4O7S2. The molecule has 0 saturated heterocycles. The Balaban J connectivity index is 0. The van der Waals surface area contributed by atoms with E-state index >= 15 is 0 Å². The van der Waals surface area contributed by atoms with Crippen LogP contribution in [0.4, 0.5) is 0 Å². The van der Waals surface area contributed by atoms with Gasteiger partial charge in [0.2, 0.25) is 5.91 Å². The molecule has 3 atom stereocenters. The maximum Gasteiger partial charge on any atom is 0.321 e. The van der Waals surface area contributed by atoms with E-state index in [2.05, 4.69) is 5.73 Å². The van der Waals surface area contributed by atoms with Gasteiger partial charge in [-0.1, -0.05) is 21.6 Å². The fourth-order valence-electron chi connectivity index (χ4n) is 0.689. The van der Waals surface area contributed by atoms with Crippen LogP contribution in [0.1, 0.15) is 6.42 Å². The second-order valence-electron chi connectivity index (χ2n) is 4.07. The van der Waals surface area contributed by atoms with Crippen LogP contribution in [0.5, 0.6) is 0 Å². The lowest BCUT2D eigenvalue weighted by Gasteiger charge is -2.07. The monoisotopic (exact) mass is 372 g/mol. The maximum absolute atomic E-state index is 10.3. The van der Waals surface area contributed by atoms with Crippen LogP contribution >= 0.6 is 21.6 Å². The largest absolute Gasteiger partial charge is 0.480 e. The lowest BCUT2D eigenvalue weighted by molar-refractivity contribution is -0.140. The highest BCUT2D eigenvalue weighted by molar-refractivity contribution is 8.76. The predicted molar refractivity (Wildman–Crippen MR) is 85.6 cm³/mol. The third-order valence-corrected chi connectivity index (χ3v) is 4.42. The molecule has 0 aliphatic rings. The van der Waals surface area contributed by atoms with Gasteiger partial charge in [0.1, 0.15) is 18.1 Å². The maximum atomic E-state index is 10.3. The van der Waals surface area contributed by atoms with Gasteiger partial charge in [-0.15, -0.1) is 0 Å². The molecule has 0 rings (SSSR count). The minimum atomic E-state index is -1.21. The third kappa shape index (κ3) is 15.1. The molecule has 0 aliphatic carbocycles. The van der Waals surface area contributed by atoms with Gasteiger partial charge in [-0.05, 0) is 0 Å². The topological polar surface area (TPSA) is 233 Å². The van der Waals surface area contributed by atoms with Gasteiger partial charge < -0.3 is 38.3 Å². The summed E-state index contributed by atoms with van der Waals surface area (Å²) in [5.74, 6) is -3.60. The Kier molecular flexibility index (Phi) is 13.4. The molecule has 0 aliphatic heterocycles. The standard InChI is InChI=1S/C6H12N2O4S2.C4H8N2O3/c7-3(5(9)10)1-13-14-2-4(8)6(11)12;5-2(4(8)9)1-3(6)7/h3-4H,1-2,7-8H2,(H,9,10)(H,11,12);2H,1,5H2,(H2,6,7)(H,8,9)/t3-,4-;2-/m00/s1. The quantitative estimate of drug-likeness (QED) is 0.155. The lowest BCUT2D eigenvalue weighted by atomic mass is 10.2. The molecule has 0 bridgehead atoms. The van der Waals surface area contributed by atoms with E-state index in [0.717, 1.165) is 0 Å². The lowest BCUT2D eigenvalue weighted by Crippen LogP contribution is -2.34. The van der Waals surface area contributed by atoms with Crippen LogP contribution in [-0.4, -0.2) is 68.8 Å². The smallest absolute Gasteiger partial charge is 0.321 e. The van der Waals surface area contributed by atoms with E-state index in [1.165, 1.54) is 21.6 Å². The number of carboxylic acid groups (broad SMARTS) is 3. The van der Waals surface area contributed by atoms with Gasteiger partial charge in [-0.2, -0.15) is 0 Å². The van der Waals surface area contributed by atoms with Gasteiger partial charge in [-0.3, -0.25) is 19.2 Å². The third-order valence-electron chi connectivity index (χ3n) is 1.95. The van der Waals surface area contributed by atoms with Crippen molar-refractivity contribution in [3.63, 3.8) is 0 Å². The predicted octanol–water partition coefficient (Wildman–Crippen LogP) is -2.53. The van der Waals surface area contributed by atoms with E-state index in [9.17, 15) is 19.2 Å². The summed E-state index contributed by atoms with van der Waals surface area (Å²) in [7, 11) is 2.41. The summed E-state index contributed by atoms with van der Waals surface area (Å²) in [6.07, 6.45) is -0.310. The molecule has 134 valence electrons. The summed E-state index contributed by atoms with van der Waals surface area (Å²) in [6.45, 7) is 0. The van der Waals surface area contributed by atoms with Crippen molar-refractivity contribution in [2.24, 2.45) is 22.9 Å². The molecule has 0 saturated carbocycles. The highest BCUT2D eigenvalue weighted by atomic mass is 33.1. The molecule has 0 radical (unpaired) electrons. The number of hydrogen-bond acceptors (Lipinski definition) is 9. The minimum Gasteiger partial charge on any atom is -0.480 e. The van der Waals surface area contributed by atoms with Crippen LogP contribution in [0.3, 0.4) is 0 Å². The van der Waals surface area contributed by atoms with Gasteiger partial charge >= 0.3 is 17.9 Å². The van der Waals surface area contributed by atoms with Crippen LogP contribution in [0.25, 0.3) is 0 Å². The van der Waals surface area contributed by atoms with Gasteiger partial charge in [0.25, 0.3) is 0 Å². The number of amides is 1. The molecular weight excluding hydrogens is 352 g/mol. The molecule has 11 N–H and O–H groups in total. The Hall–Kier alpha value is -1.54. The summed E-state index contributed by atoms with van der Waals surface area (Å²) in [5.41, 5.74) is 20.0. The van der Waals surface area contributed by atoms with E-state index in [4.69, 9.17) is 32.5 Å². The fraction of sp³-hybridized carbons (Fsp3) is 0.600. The Morgan fingerprint density at radius 1 is 0.739 bits per heavy atom. The normalized spacial score (nSPS) is 13.9. The first kappa shape index (κ1) is 23.7. The number of aliphatic carboxylic acids is 3. The molecule has 0 unspecified atom stereocenters. The van der Waals surface area contributed by atoms with Crippen molar-refractivity contribution >= 4 is 45.4 Å². The van der Waals surface area contributed by atoms with E-state index in [1.54, 1.807) is 0 Å². The Labute approximate surface area is 139 Å². The highest BCUT2D eigenvalue weighted by Crippen LogP contribution is 2.22. The summed E-state index contributed by atoms with van der Waals surface area (Å²) < 4.78 is 0. The average molecular weight is 372 g/mol. The van der Waals surface area contributed by atoms with E-state index in [-0.39, 0.29) is 17.9 Å². The molecule has 23 heavy (non-hydrogen) atoms. The molecule has 0 aromatic heterocycles. The number of rotatable bonds is 10. The van der Waals surface area contributed by atoms with Crippen molar-refractivity contribution in [3.8, 4) is 0 Å². The van der Waals surface area contributed by atoms with Crippen molar-refractivity contribution in [1.29, 1.82) is 0 Å². The minimum absolute atomic E-state index is 0.229. The molecule has 1 amide bonds. The first-order valence-electron chi connectivity index (χ1n) is 5.96. The fourth-order valence-corrected chi connectivity index (χ4v) is 2.92. The number of carboxylic acids is 3. The molecule has 13 heteroatoms. The van der Waals surface area contributed by atoms with Gasteiger partial charge in [0, 0.05) is 11.5 Å². The number of nitrogens with two attached hydrogens (primary N) is 4. The van der Waals surface area contributed by atoms with Crippen molar-refractivity contribution < 1.29 is 34.5 Å².